The van der Waals surface area contributed by atoms with E-state index in [0.717, 1.165) is 32.1 Å². The number of hydrogen-bond donors (Lipinski definition) is 1. The minimum absolute atomic E-state index is 0.340. The summed E-state index contributed by atoms with van der Waals surface area (Å²) in [4.78, 5) is 10.4. The Morgan fingerprint density at radius 3 is 1.59 bits per heavy atom. The van der Waals surface area contributed by atoms with Crippen LogP contribution in [0.2, 0.25) is 0 Å². The molecule has 4 nitrogen and oxygen atoms in total. The number of nitrogens with zero attached hydrogens (tertiary/aromatic N) is 1. The average molecular weight is 475 g/mol. The summed E-state index contributed by atoms with van der Waals surface area (Å²) in [5, 5.41) is 0. The summed E-state index contributed by atoms with van der Waals surface area (Å²) in [6.45, 7) is 4.72. The maximum atomic E-state index is 12.6. The van der Waals surface area contributed by atoms with Crippen LogP contribution in [0.3, 0.4) is 0 Å². The van der Waals surface area contributed by atoms with Crippen molar-refractivity contribution in [2.45, 2.75) is 135 Å². The van der Waals surface area contributed by atoms with E-state index >= 15 is 0 Å². The van der Waals surface area contributed by atoms with Gasteiger partial charge in [-0.25, -0.2) is 0 Å². The first kappa shape index (κ1) is 31.9. The van der Waals surface area contributed by atoms with Crippen LogP contribution in [-0.2, 0) is 9.09 Å². The van der Waals surface area contributed by atoms with Crippen molar-refractivity contribution in [3.8, 4) is 0 Å². The van der Waals surface area contributed by atoms with E-state index in [0.29, 0.717) is 17.5 Å². The number of unbranched alkanes of at least 4 members (excludes halogenated alkanes) is 14. The molecule has 0 aliphatic carbocycles. The number of rotatable bonds is 23. The second-order valence-electron chi connectivity index (χ2n) is 10.4. The van der Waals surface area contributed by atoms with E-state index in [1.54, 1.807) is 0 Å². The highest BCUT2D eigenvalue weighted by atomic mass is 31.2. The van der Waals surface area contributed by atoms with Gasteiger partial charge in [0.15, 0.2) is 5.78 Å². The Kier molecular flexibility index (Phi) is 20.1. The molecule has 1 N–H and O–H groups in total. The molecule has 0 bridgehead atoms. The SMILES string of the molecule is CCCCCCCCCCCC/C=C\CCCCCCOP(=O)(O)C(CCC)[N+](C)(C)C. The predicted molar refractivity (Wildman–Crippen MR) is 141 cm³/mol. The zero-order chi connectivity index (χ0) is 24.1. The first-order valence-electron chi connectivity index (χ1n) is 13.7. The van der Waals surface area contributed by atoms with Gasteiger partial charge < -0.3 is 13.9 Å². The molecule has 0 spiro atoms. The van der Waals surface area contributed by atoms with Crippen molar-refractivity contribution >= 4 is 7.60 Å². The molecule has 0 saturated carbocycles. The Morgan fingerprint density at radius 2 is 1.16 bits per heavy atom. The summed E-state index contributed by atoms with van der Waals surface area (Å²) >= 11 is 0. The maximum Gasteiger partial charge on any atom is 0.385 e. The number of quaternary nitrogens is 1. The van der Waals surface area contributed by atoms with Crippen LogP contribution in [0.15, 0.2) is 12.2 Å². The summed E-state index contributed by atoms with van der Waals surface area (Å²) in [5.74, 6) is -0.340. The molecule has 0 aromatic carbocycles. The van der Waals surface area contributed by atoms with E-state index in [1.807, 2.05) is 28.1 Å². The summed E-state index contributed by atoms with van der Waals surface area (Å²) in [5.41, 5.74) is 0. The average Bonchev–Trinajstić information content (AvgIpc) is 2.72. The Labute approximate surface area is 201 Å². The molecule has 0 fully saturated rings. The molecule has 0 aromatic heterocycles. The monoisotopic (exact) mass is 474 g/mol. The van der Waals surface area contributed by atoms with E-state index in [-0.39, 0.29) is 5.78 Å². The zero-order valence-corrected chi connectivity index (χ0v) is 23.2. The molecule has 0 aliphatic rings. The van der Waals surface area contributed by atoms with E-state index in [1.165, 1.54) is 77.0 Å². The fourth-order valence-corrected chi connectivity index (χ4v) is 6.25. The molecule has 2 unspecified atom stereocenters. The highest BCUT2D eigenvalue weighted by molar-refractivity contribution is 7.53. The van der Waals surface area contributed by atoms with Gasteiger partial charge in [-0.1, -0.05) is 96.6 Å². The largest absolute Gasteiger partial charge is 0.385 e. The summed E-state index contributed by atoms with van der Waals surface area (Å²) < 4.78 is 18.6. The first-order valence-corrected chi connectivity index (χ1v) is 15.3. The van der Waals surface area contributed by atoms with Gasteiger partial charge in [0.25, 0.3) is 0 Å². The lowest BCUT2D eigenvalue weighted by Gasteiger charge is -2.35. The third kappa shape index (κ3) is 18.3. The Hall–Kier alpha value is -0.150. The molecular formula is C27H57NO3P+. The highest BCUT2D eigenvalue weighted by Crippen LogP contribution is 2.51. The Morgan fingerprint density at radius 1 is 0.719 bits per heavy atom. The molecule has 32 heavy (non-hydrogen) atoms. The van der Waals surface area contributed by atoms with Crippen LogP contribution in [-0.4, -0.2) is 42.9 Å². The van der Waals surface area contributed by atoms with Crippen LogP contribution in [0, 0.1) is 0 Å². The molecular weight excluding hydrogens is 417 g/mol. The van der Waals surface area contributed by atoms with Crippen LogP contribution in [0.1, 0.15) is 129 Å². The predicted octanol–water partition coefficient (Wildman–Crippen LogP) is 8.84. The summed E-state index contributed by atoms with van der Waals surface area (Å²) in [7, 11) is 2.33. The van der Waals surface area contributed by atoms with E-state index in [9.17, 15) is 9.46 Å². The molecule has 192 valence electrons. The lowest BCUT2D eigenvalue weighted by atomic mass is 10.1. The topological polar surface area (TPSA) is 46.5 Å². The minimum atomic E-state index is -3.57. The smallest absolute Gasteiger partial charge is 0.320 e. The van der Waals surface area contributed by atoms with Gasteiger partial charge >= 0.3 is 7.60 Å². The summed E-state index contributed by atoms with van der Waals surface area (Å²) in [6, 6.07) is 0. The Balaban J connectivity index is 3.56. The van der Waals surface area contributed by atoms with Gasteiger partial charge in [0, 0.05) is 6.42 Å². The standard InChI is InChI=1S/C27H56NO3P/c1-6-8-9-10-11-12-13-14-15-16-17-18-19-20-21-22-23-24-26-31-32(29,30)27(25-7-2)28(3,4)5/h18-19,27H,6-17,20-26H2,1-5H3/p+1/b19-18-. The molecule has 0 aliphatic heterocycles. The van der Waals surface area contributed by atoms with Gasteiger partial charge in [-0.05, 0) is 38.5 Å². The lowest BCUT2D eigenvalue weighted by Crippen LogP contribution is -2.45. The zero-order valence-electron chi connectivity index (χ0n) is 22.3. The molecule has 0 amide bonds. The molecule has 0 saturated heterocycles. The molecule has 2 atom stereocenters. The molecule has 0 heterocycles. The molecule has 5 heteroatoms. The van der Waals surface area contributed by atoms with Crippen molar-refractivity contribution in [1.29, 1.82) is 0 Å². The van der Waals surface area contributed by atoms with Crippen LogP contribution >= 0.6 is 7.60 Å². The lowest BCUT2D eigenvalue weighted by molar-refractivity contribution is -0.883. The van der Waals surface area contributed by atoms with Gasteiger partial charge in [0.2, 0.25) is 0 Å². The second-order valence-corrected chi connectivity index (χ2v) is 12.4. The van der Waals surface area contributed by atoms with Crippen molar-refractivity contribution in [3.63, 3.8) is 0 Å². The van der Waals surface area contributed by atoms with E-state index in [4.69, 9.17) is 4.52 Å². The van der Waals surface area contributed by atoms with Crippen LogP contribution < -0.4 is 0 Å². The van der Waals surface area contributed by atoms with Crippen molar-refractivity contribution in [2.24, 2.45) is 0 Å². The van der Waals surface area contributed by atoms with Gasteiger partial charge in [0.05, 0.1) is 27.7 Å². The second kappa shape index (κ2) is 20.2. The first-order chi connectivity index (χ1) is 15.3. The maximum absolute atomic E-state index is 12.6. The van der Waals surface area contributed by atoms with E-state index in [2.05, 4.69) is 19.1 Å². The third-order valence-electron chi connectivity index (χ3n) is 6.25. The van der Waals surface area contributed by atoms with Crippen molar-refractivity contribution < 1.29 is 18.5 Å². The van der Waals surface area contributed by atoms with Crippen LogP contribution in [0.4, 0.5) is 0 Å². The van der Waals surface area contributed by atoms with Gasteiger partial charge in [-0.3, -0.25) is 4.57 Å². The fraction of sp³-hybridized carbons (Fsp3) is 0.926. The summed E-state index contributed by atoms with van der Waals surface area (Å²) in [6.07, 6.45) is 26.9. The third-order valence-corrected chi connectivity index (χ3v) is 8.51. The Bertz CT molecular complexity index is 488. The van der Waals surface area contributed by atoms with Crippen LogP contribution in [0.5, 0.6) is 0 Å². The van der Waals surface area contributed by atoms with Crippen molar-refractivity contribution in [3.05, 3.63) is 12.2 Å². The fourth-order valence-electron chi connectivity index (χ4n) is 4.23. The number of allylic oxidation sites excluding steroid dienone is 2. The normalized spacial score (nSPS) is 15.3. The van der Waals surface area contributed by atoms with E-state index < -0.39 is 7.60 Å². The number of hydrogen-bond acceptors (Lipinski definition) is 2. The minimum Gasteiger partial charge on any atom is -0.320 e. The molecule has 0 aromatic rings. The van der Waals surface area contributed by atoms with Crippen molar-refractivity contribution in [1.82, 2.24) is 0 Å². The van der Waals surface area contributed by atoms with Crippen molar-refractivity contribution in [2.75, 3.05) is 27.7 Å². The van der Waals surface area contributed by atoms with Gasteiger partial charge in [-0.15, -0.1) is 0 Å². The molecule has 0 radical (unpaired) electrons. The molecule has 0 rings (SSSR count). The van der Waals surface area contributed by atoms with Crippen LogP contribution in [0.25, 0.3) is 0 Å². The van der Waals surface area contributed by atoms with Gasteiger partial charge in [0.1, 0.15) is 0 Å². The quantitative estimate of drug-likeness (QED) is 0.0696. The highest BCUT2D eigenvalue weighted by Gasteiger charge is 2.41. The van der Waals surface area contributed by atoms with Gasteiger partial charge in [-0.2, -0.15) is 0 Å².